The highest BCUT2D eigenvalue weighted by Gasteiger charge is 2.20. The summed E-state index contributed by atoms with van der Waals surface area (Å²) >= 11 is 5.39. The molecule has 1 aromatic carbocycles. The number of benzene rings is 1. The number of nitriles is 1. The number of likely N-dealkylation sites (tertiary alicyclic amines) is 1. The topological polar surface area (TPSA) is 53.3 Å². The van der Waals surface area contributed by atoms with Crippen molar-refractivity contribution in [2.24, 2.45) is 5.92 Å². The number of carbonyl (C=O) groups excluding carboxylic acids is 1. The summed E-state index contributed by atoms with van der Waals surface area (Å²) < 4.78 is 5.69. The lowest BCUT2D eigenvalue weighted by Gasteiger charge is -2.13. The molecule has 1 unspecified atom stereocenters. The summed E-state index contributed by atoms with van der Waals surface area (Å²) in [7, 11) is 2.08. The Kier molecular flexibility index (Phi) is 4.41. The van der Waals surface area contributed by atoms with Crippen molar-refractivity contribution in [2.45, 2.75) is 6.42 Å². The van der Waals surface area contributed by atoms with Crippen LogP contribution in [0.25, 0.3) is 0 Å². The van der Waals surface area contributed by atoms with Crippen molar-refractivity contribution < 1.29 is 9.53 Å². The van der Waals surface area contributed by atoms with E-state index in [4.69, 9.17) is 21.6 Å². The lowest BCUT2D eigenvalue weighted by Crippen LogP contribution is -2.18. The van der Waals surface area contributed by atoms with Gasteiger partial charge in [0, 0.05) is 18.0 Å². The zero-order chi connectivity index (χ0) is 13.8. The van der Waals surface area contributed by atoms with Crippen LogP contribution in [-0.4, -0.2) is 36.9 Å². The van der Waals surface area contributed by atoms with Gasteiger partial charge in [0.1, 0.15) is 11.8 Å². The molecular formula is C14H15ClN2O2. The zero-order valence-electron chi connectivity index (χ0n) is 10.7. The normalized spacial score (nSPS) is 19.1. The molecule has 4 nitrogen and oxygen atoms in total. The molecule has 19 heavy (non-hydrogen) atoms. The average Bonchev–Trinajstić information content (AvgIpc) is 2.81. The second-order valence-corrected chi connectivity index (χ2v) is 5.17. The number of hydrogen-bond acceptors (Lipinski definition) is 4. The van der Waals surface area contributed by atoms with Crippen LogP contribution < -0.4 is 4.74 Å². The Morgan fingerprint density at radius 3 is 3.00 bits per heavy atom. The number of halogens is 1. The number of nitrogens with zero attached hydrogens (tertiary/aromatic N) is 2. The van der Waals surface area contributed by atoms with Gasteiger partial charge in [-0.1, -0.05) is 0 Å². The lowest BCUT2D eigenvalue weighted by atomic mass is 10.1. The van der Waals surface area contributed by atoms with E-state index in [0.717, 1.165) is 19.5 Å². The molecule has 5 heteroatoms. The minimum atomic E-state index is -0.569. The third-order valence-corrected chi connectivity index (χ3v) is 3.51. The summed E-state index contributed by atoms with van der Waals surface area (Å²) in [6, 6.07) is 6.70. The van der Waals surface area contributed by atoms with Crippen molar-refractivity contribution >= 4 is 16.8 Å². The summed E-state index contributed by atoms with van der Waals surface area (Å²) in [4.78, 5) is 13.3. The fraction of sp³-hybridized carbons (Fsp3) is 0.429. The van der Waals surface area contributed by atoms with Crippen LogP contribution in [0.4, 0.5) is 0 Å². The molecule has 100 valence electrons. The minimum Gasteiger partial charge on any atom is -0.492 e. The Hall–Kier alpha value is -1.57. The van der Waals surface area contributed by atoms with Crippen molar-refractivity contribution in [3.05, 3.63) is 29.3 Å². The summed E-state index contributed by atoms with van der Waals surface area (Å²) in [5.41, 5.74) is 0.656. The molecule has 1 aliphatic heterocycles. The maximum Gasteiger partial charge on any atom is 0.252 e. The van der Waals surface area contributed by atoms with Gasteiger partial charge in [0.2, 0.25) is 0 Å². The van der Waals surface area contributed by atoms with E-state index >= 15 is 0 Å². The van der Waals surface area contributed by atoms with Gasteiger partial charge in [-0.3, -0.25) is 4.79 Å². The maximum absolute atomic E-state index is 11.0. The van der Waals surface area contributed by atoms with Gasteiger partial charge in [0.15, 0.2) is 0 Å². The van der Waals surface area contributed by atoms with Gasteiger partial charge in [-0.2, -0.15) is 5.26 Å². The zero-order valence-corrected chi connectivity index (χ0v) is 11.5. The van der Waals surface area contributed by atoms with E-state index in [-0.39, 0.29) is 0 Å². The fourth-order valence-corrected chi connectivity index (χ4v) is 2.35. The first-order valence-corrected chi connectivity index (χ1v) is 6.53. The third kappa shape index (κ3) is 3.46. The van der Waals surface area contributed by atoms with Crippen LogP contribution >= 0.6 is 11.6 Å². The molecule has 0 bridgehead atoms. The second kappa shape index (κ2) is 6.05. The Morgan fingerprint density at radius 1 is 1.63 bits per heavy atom. The van der Waals surface area contributed by atoms with Gasteiger partial charge >= 0.3 is 0 Å². The Labute approximate surface area is 117 Å². The highest BCUT2D eigenvalue weighted by atomic mass is 35.5. The highest BCUT2D eigenvalue weighted by Crippen LogP contribution is 2.22. The van der Waals surface area contributed by atoms with Crippen molar-refractivity contribution in [2.75, 3.05) is 26.7 Å². The first-order chi connectivity index (χ1) is 9.10. The van der Waals surface area contributed by atoms with E-state index in [1.54, 1.807) is 12.1 Å². The van der Waals surface area contributed by atoms with E-state index in [2.05, 4.69) is 11.9 Å². The first-order valence-electron chi connectivity index (χ1n) is 6.15. The van der Waals surface area contributed by atoms with Crippen LogP contribution in [0.1, 0.15) is 22.3 Å². The van der Waals surface area contributed by atoms with Crippen LogP contribution in [0.5, 0.6) is 5.75 Å². The predicted octanol–water partition coefficient (Wildman–Crippen LogP) is 2.27. The van der Waals surface area contributed by atoms with E-state index in [1.165, 1.54) is 6.07 Å². The predicted molar refractivity (Wildman–Crippen MR) is 72.4 cm³/mol. The average molecular weight is 279 g/mol. The molecule has 2 rings (SSSR count). The Bertz CT molecular complexity index is 525. The molecule has 0 aromatic heterocycles. The van der Waals surface area contributed by atoms with Gasteiger partial charge in [0.05, 0.1) is 12.2 Å². The molecule has 0 spiro atoms. The lowest BCUT2D eigenvalue weighted by molar-refractivity contribution is 0.108. The van der Waals surface area contributed by atoms with Crippen molar-refractivity contribution in [3.63, 3.8) is 0 Å². The van der Waals surface area contributed by atoms with Gasteiger partial charge in [-0.05, 0) is 49.8 Å². The molecular weight excluding hydrogens is 264 g/mol. The minimum absolute atomic E-state index is 0.311. The standard InChI is InChI=1S/C14H15ClN2O2/c1-17-5-4-10(8-17)9-19-13-3-2-11(14(15)18)6-12(13)7-16/h2-3,6,10H,4-5,8-9H2,1H3. The third-order valence-electron chi connectivity index (χ3n) is 3.29. The fourth-order valence-electron chi connectivity index (χ4n) is 2.24. The summed E-state index contributed by atoms with van der Waals surface area (Å²) in [5, 5.41) is 8.50. The highest BCUT2D eigenvalue weighted by molar-refractivity contribution is 6.67. The maximum atomic E-state index is 11.0. The van der Waals surface area contributed by atoms with E-state index in [0.29, 0.717) is 29.4 Å². The van der Waals surface area contributed by atoms with Crippen molar-refractivity contribution in [1.29, 1.82) is 5.26 Å². The summed E-state index contributed by atoms with van der Waals surface area (Å²) in [5.74, 6) is 1.00. The molecule has 0 N–H and O–H groups in total. The van der Waals surface area contributed by atoms with Crippen molar-refractivity contribution in [3.8, 4) is 11.8 Å². The van der Waals surface area contributed by atoms with Gasteiger partial charge < -0.3 is 9.64 Å². The van der Waals surface area contributed by atoms with Gasteiger partial charge in [-0.15, -0.1) is 0 Å². The SMILES string of the molecule is CN1CCC(COc2ccc(C(=O)Cl)cc2C#N)C1. The molecule has 1 saturated heterocycles. The van der Waals surface area contributed by atoms with Crippen LogP contribution in [0.3, 0.4) is 0 Å². The molecule has 1 fully saturated rings. The molecule has 0 amide bonds. The van der Waals surface area contributed by atoms with E-state index < -0.39 is 5.24 Å². The van der Waals surface area contributed by atoms with Gasteiger partial charge in [-0.25, -0.2) is 0 Å². The largest absolute Gasteiger partial charge is 0.492 e. The molecule has 0 saturated carbocycles. The Balaban J connectivity index is 2.04. The van der Waals surface area contributed by atoms with E-state index in [1.807, 2.05) is 6.07 Å². The summed E-state index contributed by atoms with van der Waals surface area (Å²) in [6.07, 6.45) is 1.11. The first kappa shape index (κ1) is 13.9. The number of carbonyl (C=O) groups is 1. The monoisotopic (exact) mass is 278 g/mol. The Morgan fingerprint density at radius 2 is 2.42 bits per heavy atom. The molecule has 1 heterocycles. The molecule has 0 aliphatic carbocycles. The van der Waals surface area contributed by atoms with Crippen LogP contribution in [0.2, 0.25) is 0 Å². The quantitative estimate of drug-likeness (QED) is 0.793. The van der Waals surface area contributed by atoms with Crippen molar-refractivity contribution in [1.82, 2.24) is 4.90 Å². The molecule has 1 aliphatic rings. The summed E-state index contributed by atoms with van der Waals surface area (Å²) in [6.45, 7) is 2.69. The molecule has 1 atom stereocenters. The van der Waals surface area contributed by atoms with Crippen LogP contribution in [0.15, 0.2) is 18.2 Å². The second-order valence-electron chi connectivity index (χ2n) is 4.82. The number of rotatable bonds is 4. The smallest absolute Gasteiger partial charge is 0.252 e. The van der Waals surface area contributed by atoms with Crippen LogP contribution in [0, 0.1) is 17.2 Å². The molecule has 1 aromatic rings. The van der Waals surface area contributed by atoms with Gasteiger partial charge in [0.25, 0.3) is 5.24 Å². The molecule has 0 radical (unpaired) electrons. The number of ether oxygens (including phenoxy) is 1. The van der Waals surface area contributed by atoms with E-state index in [9.17, 15) is 4.79 Å². The van der Waals surface area contributed by atoms with Crippen LogP contribution in [-0.2, 0) is 0 Å². The number of hydrogen-bond donors (Lipinski definition) is 0.